The Morgan fingerprint density at radius 3 is 1.88 bits per heavy atom. The maximum absolute atomic E-state index is 5.95. The summed E-state index contributed by atoms with van der Waals surface area (Å²) in [5.74, 6) is 0. The standard InChI is InChI=1S/C14H11Cl3/c15-12-3-1-2-10(6-12)4-5-11-7-13(16)9-14(17)8-11/h1-3,6-9H,4-5H2. The third-order valence-corrected chi connectivity index (χ3v) is 3.19. The lowest BCUT2D eigenvalue weighted by molar-refractivity contribution is 0.960. The lowest BCUT2D eigenvalue weighted by Crippen LogP contribution is -1.91. The van der Waals surface area contributed by atoms with Gasteiger partial charge in [0, 0.05) is 15.1 Å². The minimum Gasteiger partial charge on any atom is -0.0843 e. The van der Waals surface area contributed by atoms with E-state index in [0.29, 0.717) is 10.0 Å². The van der Waals surface area contributed by atoms with Gasteiger partial charge in [-0.1, -0.05) is 46.9 Å². The van der Waals surface area contributed by atoms with Gasteiger partial charge in [0.2, 0.25) is 0 Å². The largest absolute Gasteiger partial charge is 0.0843 e. The van der Waals surface area contributed by atoms with Gasteiger partial charge in [-0.15, -0.1) is 0 Å². The molecule has 0 saturated heterocycles. The molecule has 2 aromatic rings. The number of hydrogen-bond acceptors (Lipinski definition) is 0. The molecule has 0 bridgehead atoms. The fraction of sp³-hybridized carbons (Fsp3) is 0.143. The second-order valence-electron chi connectivity index (χ2n) is 3.91. The van der Waals surface area contributed by atoms with Crippen LogP contribution >= 0.6 is 34.8 Å². The van der Waals surface area contributed by atoms with Crippen LogP contribution in [0.25, 0.3) is 0 Å². The Morgan fingerprint density at radius 1 is 0.647 bits per heavy atom. The average Bonchev–Trinajstić information content (AvgIpc) is 2.25. The zero-order valence-corrected chi connectivity index (χ0v) is 11.4. The van der Waals surface area contributed by atoms with E-state index >= 15 is 0 Å². The lowest BCUT2D eigenvalue weighted by atomic mass is 10.0. The van der Waals surface area contributed by atoms with Gasteiger partial charge in [0.05, 0.1) is 0 Å². The summed E-state index contributed by atoms with van der Waals surface area (Å²) in [6.45, 7) is 0. The molecule has 0 aliphatic rings. The van der Waals surface area contributed by atoms with Crippen LogP contribution in [-0.2, 0) is 12.8 Å². The molecule has 0 saturated carbocycles. The molecule has 2 aromatic carbocycles. The van der Waals surface area contributed by atoms with Crippen molar-refractivity contribution in [1.82, 2.24) is 0 Å². The van der Waals surface area contributed by atoms with Gasteiger partial charge in [-0.2, -0.15) is 0 Å². The van der Waals surface area contributed by atoms with E-state index in [2.05, 4.69) is 6.07 Å². The first-order valence-corrected chi connectivity index (χ1v) is 6.46. The molecule has 0 aromatic heterocycles. The maximum Gasteiger partial charge on any atom is 0.0423 e. The molecule has 0 aliphatic carbocycles. The summed E-state index contributed by atoms with van der Waals surface area (Å²) < 4.78 is 0. The van der Waals surface area contributed by atoms with Crippen molar-refractivity contribution in [2.45, 2.75) is 12.8 Å². The number of rotatable bonds is 3. The van der Waals surface area contributed by atoms with Crippen LogP contribution in [-0.4, -0.2) is 0 Å². The van der Waals surface area contributed by atoms with Crippen LogP contribution in [0.15, 0.2) is 42.5 Å². The molecule has 0 aliphatic heterocycles. The van der Waals surface area contributed by atoms with E-state index in [-0.39, 0.29) is 0 Å². The van der Waals surface area contributed by atoms with Crippen LogP contribution in [0, 0.1) is 0 Å². The van der Waals surface area contributed by atoms with E-state index in [1.54, 1.807) is 6.07 Å². The molecular weight excluding hydrogens is 275 g/mol. The fourth-order valence-corrected chi connectivity index (χ4v) is 2.52. The monoisotopic (exact) mass is 284 g/mol. The third kappa shape index (κ3) is 3.92. The lowest BCUT2D eigenvalue weighted by Gasteiger charge is -2.04. The Kier molecular flexibility index (Phi) is 4.33. The quantitative estimate of drug-likeness (QED) is 0.705. The van der Waals surface area contributed by atoms with Crippen LogP contribution in [0.2, 0.25) is 15.1 Å². The van der Waals surface area contributed by atoms with E-state index < -0.39 is 0 Å². The highest BCUT2D eigenvalue weighted by Crippen LogP contribution is 2.20. The maximum atomic E-state index is 5.95. The Hall–Kier alpha value is -0.690. The molecule has 88 valence electrons. The average molecular weight is 286 g/mol. The zero-order chi connectivity index (χ0) is 12.3. The molecule has 0 nitrogen and oxygen atoms in total. The van der Waals surface area contributed by atoms with Gasteiger partial charge in [-0.05, 0) is 54.3 Å². The summed E-state index contributed by atoms with van der Waals surface area (Å²) >= 11 is 17.8. The molecule has 0 N–H and O–H groups in total. The van der Waals surface area contributed by atoms with Gasteiger partial charge in [0.1, 0.15) is 0 Å². The molecule has 17 heavy (non-hydrogen) atoms. The van der Waals surface area contributed by atoms with Crippen molar-refractivity contribution in [3.63, 3.8) is 0 Å². The molecule has 0 heterocycles. The van der Waals surface area contributed by atoms with Crippen molar-refractivity contribution < 1.29 is 0 Å². The number of benzene rings is 2. The molecule has 0 fully saturated rings. The molecule has 0 radical (unpaired) electrons. The van der Waals surface area contributed by atoms with Gasteiger partial charge in [-0.3, -0.25) is 0 Å². The van der Waals surface area contributed by atoms with Gasteiger partial charge in [-0.25, -0.2) is 0 Å². The highest BCUT2D eigenvalue weighted by Gasteiger charge is 2.00. The van der Waals surface area contributed by atoms with Crippen molar-refractivity contribution in [2.24, 2.45) is 0 Å². The van der Waals surface area contributed by atoms with Crippen molar-refractivity contribution >= 4 is 34.8 Å². The number of aryl methyl sites for hydroxylation is 2. The number of hydrogen-bond donors (Lipinski definition) is 0. The molecule has 2 rings (SSSR count). The minimum absolute atomic E-state index is 0.679. The summed E-state index contributed by atoms with van der Waals surface area (Å²) in [5, 5.41) is 2.13. The Bertz CT molecular complexity index is 500. The summed E-state index contributed by atoms with van der Waals surface area (Å²) in [4.78, 5) is 0. The van der Waals surface area contributed by atoms with Gasteiger partial charge < -0.3 is 0 Å². The van der Waals surface area contributed by atoms with Crippen LogP contribution in [0.5, 0.6) is 0 Å². The fourth-order valence-electron chi connectivity index (χ4n) is 1.74. The summed E-state index contributed by atoms with van der Waals surface area (Å²) in [6.07, 6.45) is 1.83. The molecule has 3 heteroatoms. The van der Waals surface area contributed by atoms with Gasteiger partial charge >= 0.3 is 0 Å². The predicted molar refractivity (Wildman–Crippen MR) is 75.3 cm³/mol. The summed E-state index contributed by atoms with van der Waals surface area (Å²) in [6, 6.07) is 13.5. The van der Waals surface area contributed by atoms with Gasteiger partial charge in [0.15, 0.2) is 0 Å². The molecular formula is C14H11Cl3. The Labute approximate surface area is 116 Å². The normalized spacial score (nSPS) is 10.5. The SMILES string of the molecule is Clc1cccc(CCc2cc(Cl)cc(Cl)c2)c1. The van der Waals surface area contributed by atoms with Crippen LogP contribution < -0.4 is 0 Å². The van der Waals surface area contributed by atoms with E-state index in [9.17, 15) is 0 Å². The van der Waals surface area contributed by atoms with Crippen molar-refractivity contribution in [3.05, 3.63) is 68.7 Å². The van der Waals surface area contributed by atoms with Gasteiger partial charge in [0.25, 0.3) is 0 Å². The molecule has 0 amide bonds. The van der Waals surface area contributed by atoms with Crippen LogP contribution in [0.4, 0.5) is 0 Å². The van der Waals surface area contributed by atoms with Crippen molar-refractivity contribution in [1.29, 1.82) is 0 Å². The Morgan fingerprint density at radius 2 is 1.24 bits per heavy atom. The highest BCUT2D eigenvalue weighted by molar-refractivity contribution is 6.34. The topological polar surface area (TPSA) is 0 Å². The second kappa shape index (κ2) is 5.77. The summed E-state index contributed by atoms with van der Waals surface area (Å²) in [7, 11) is 0. The smallest absolute Gasteiger partial charge is 0.0423 e. The third-order valence-electron chi connectivity index (χ3n) is 2.51. The van der Waals surface area contributed by atoms with Crippen molar-refractivity contribution in [2.75, 3.05) is 0 Å². The molecule has 0 spiro atoms. The van der Waals surface area contributed by atoms with E-state index in [4.69, 9.17) is 34.8 Å². The minimum atomic E-state index is 0.679. The van der Waals surface area contributed by atoms with Crippen LogP contribution in [0.1, 0.15) is 11.1 Å². The Balaban J connectivity index is 2.07. The first-order chi connectivity index (χ1) is 8.13. The zero-order valence-electron chi connectivity index (χ0n) is 9.09. The molecule has 0 unspecified atom stereocenters. The first-order valence-electron chi connectivity index (χ1n) is 5.33. The van der Waals surface area contributed by atoms with Crippen molar-refractivity contribution in [3.8, 4) is 0 Å². The van der Waals surface area contributed by atoms with E-state index in [1.165, 1.54) is 5.56 Å². The highest BCUT2D eigenvalue weighted by atomic mass is 35.5. The predicted octanol–water partition coefficient (Wildman–Crippen LogP) is 5.43. The number of halogens is 3. The van der Waals surface area contributed by atoms with E-state index in [0.717, 1.165) is 23.4 Å². The first kappa shape index (κ1) is 12.8. The summed E-state index contributed by atoms with van der Waals surface area (Å²) in [5.41, 5.74) is 2.36. The second-order valence-corrected chi connectivity index (χ2v) is 5.22. The van der Waals surface area contributed by atoms with E-state index in [1.807, 2.05) is 30.3 Å². The molecule has 0 atom stereocenters. The van der Waals surface area contributed by atoms with Crippen LogP contribution in [0.3, 0.4) is 0 Å².